The number of nitrogens with one attached hydrogen (secondary N) is 1. The molecule has 2 aromatic carbocycles. The summed E-state index contributed by atoms with van der Waals surface area (Å²) >= 11 is 0. The highest BCUT2D eigenvalue weighted by atomic mass is 16.5. The summed E-state index contributed by atoms with van der Waals surface area (Å²) in [5.41, 5.74) is -0.212. The Morgan fingerprint density at radius 1 is 1.23 bits per heavy atom. The number of aromatic amines is 1. The van der Waals surface area contributed by atoms with Gasteiger partial charge in [0.05, 0.1) is 17.1 Å². The van der Waals surface area contributed by atoms with Gasteiger partial charge in [0, 0.05) is 0 Å². The monoisotopic (exact) mass is 353 g/mol. The summed E-state index contributed by atoms with van der Waals surface area (Å²) in [5.74, 6) is -0.748. The number of carboxylic acids is 1. The molecule has 1 heterocycles. The molecule has 2 N–H and O–H groups in total. The fourth-order valence-corrected chi connectivity index (χ4v) is 2.31. The van der Waals surface area contributed by atoms with Gasteiger partial charge in [-0.25, -0.2) is 9.59 Å². The molecule has 0 radical (unpaired) electrons. The molecule has 0 fully saturated rings. The Labute approximate surface area is 147 Å². The molecule has 0 aliphatic heterocycles. The fraction of sp³-hybridized carbons (Fsp3) is 0.111. The number of hydrogen-bond donors (Lipinski definition) is 2. The Morgan fingerprint density at radius 2 is 2.00 bits per heavy atom. The van der Waals surface area contributed by atoms with Gasteiger partial charge in [-0.15, -0.1) is 4.68 Å². The van der Waals surface area contributed by atoms with Crippen LogP contribution in [-0.2, 0) is 4.79 Å². The highest BCUT2D eigenvalue weighted by molar-refractivity contribution is 5.81. The number of ether oxygens (including phenoxy) is 1. The van der Waals surface area contributed by atoms with Crippen LogP contribution < -0.4 is 16.0 Å². The Morgan fingerprint density at radius 3 is 2.77 bits per heavy atom. The van der Waals surface area contributed by atoms with Crippen molar-refractivity contribution in [1.29, 1.82) is 0 Å². The number of aromatic nitrogens is 2. The second-order valence-corrected chi connectivity index (χ2v) is 5.51. The molecule has 26 heavy (non-hydrogen) atoms. The molecule has 132 valence electrons. The lowest BCUT2D eigenvalue weighted by atomic mass is 10.2. The summed E-state index contributed by atoms with van der Waals surface area (Å²) in [7, 11) is 0. The number of benzene rings is 2. The van der Waals surface area contributed by atoms with Gasteiger partial charge in [-0.3, -0.25) is 4.79 Å². The van der Waals surface area contributed by atoms with Crippen molar-refractivity contribution in [3.8, 4) is 5.75 Å². The van der Waals surface area contributed by atoms with Crippen molar-refractivity contribution in [2.75, 3.05) is 0 Å². The van der Waals surface area contributed by atoms with Gasteiger partial charge in [0.15, 0.2) is 6.10 Å². The van der Waals surface area contributed by atoms with Crippen LogP contribution >= 0.6 is 0 Å². The van der Waals surface area contributed by atoms with Crippen molar-refractivity contribution in [2.45, 2.75) is 13.0 Å². The molecule has 0 saturated carbocycles. The van der Waals surface area contributed by atoms with Gasteiger partial charge in [0.1, 0.15) is 5.75 Å². The maximum atomic E-state index is 12.4. The minimum Gasteiger partial charge on any atom is -0.479 e. The molecular formula is C18H15N3O5. The smallest absolute Gasteiger partial charge is 0.349 e. The number of carbonyl (C=O) groups is 1. The van der Waals surface area contributed by atoms with Crippen LogP contribution in [0.5, 0.6) is 5.75 Å². The third-order valence-corrected chi connectivity index (χ3v) is 3.62. The molecule has 3 aromatic rings. The molecule has 0 saturated heterocycles. The number of fused-ring (bicyclic) bond motifs is 1. The Kier molecular flexibility index (Phi) is 4.66. The normalized spacial score (nSPS) is 12.3. The zero-order valence-corrected chi connectivity index (χ0v) is 13.7. The van der Waals surface area contributed by atoms with E-state index in [0.29, 0.717) is 22.2 Å². The SMILES string of the molecule is CC(Oc1cccc(C=Nn2c(=O)[nH]c3ccccc3c2=O)c1)C(=O)O. The number of carboxylic acid groups (broad SMARTS) is 1. The second kappa shape index (κ2) is 7.06. The number of H-pyrrole nitrogens is 1. The van der Waals surface area contributed by atoms with E-state index in [9.17, 15) is 14.4 Å². The molecule has 0 amide bonds. The molecule has 8 nitrogen and oxygen atoms in total. The number of aliphatic carboxylic acids is 1. The Hall–Kier alpha value is -3.68. The summed E-state index contributed by atoms with van der Waals surface area (Å²) in [5, 5.41) is 13.2. The van der Waals surface area contributed by atoms with Gasteiger partial charge in [0.25, 0.3) is 5.56 Å². The van der Waals surface area contributed by atoms with Crippen molar-refractivity contribution >= 4 is 23.1 Å². The molecule has 0 aliphatic rings. The maximum Gasteiger partial charge on any atom is 0.349 e. The van der Waals surface area contributed by atoms with Crippen LogP contribution in [0.1, 0.15) is 12.5 Å². The number of rotatable bonds is 5. The van der Waals surface area contributed by atoms with Crippen LogP contribution in [-0.4, -0.2) is 33.1 Å². The van der Waals surface area contributed by atoms with Crippen molar-refractivity contribution in [3.63, 3.8) is 0 Å². The van der Waals surface area contributed by atoms with Crippen molar-refractivity contribution < 1.29 is 14.6 Å². The number of nitrogens with zero attached hydrogens (tertiary/aromatic N) is 2. The summed E-state index contributed by atoms with van der Waals surface area (Å²) in [6.45, 7) is 1.41. The molecule has 0 bridgehead atoms. The fourth-order valence-electron chi connectivity index (χ4n) is 2.31. The summed E-state index contributed by atoms with van der Waals surface area (Å²) < 4.78 is 6.01. The first-order valence-corrected chi connectivity index (χ1v) is 7.73. The van der Waals surface area contributed by atoms with Crippen LogP contribution in [0.15, 0.2) is 63.2 Å². The molecule has 0 aliphatic carbocycles. The van der Waals surface area contributed by atoms with Gasteiger partial charge in [0.2, 0.25) is 0 Å². The average molecular weight is 353 g/mol. The van der Waals surface area contributed by atoms with E-state index in [1.807, 2.05) is 0 Å². The van der Waals surface area contributed by atoms with E-state index < -0.39 is 23.3 Å². The van der Waals surface area contributed by atoms with Gasteiger partial charge in [-0.2, -0.15) is 5.10 Å². The second-order valence-electron chi connectivity index (χ2n) is 5.51. The molecule has 3 rings (SSSR count). The largest absolute Gasteiger partial charge is 0.479 e. The van der Waals surface area contributed by atoms with E-state index in [0.717, 1.165) is 4.68 Å². The molecule has 1 atom stereocenters. The average Bonchev–Trinajstić information content (AvgIpc) is 2.61. The van der Waals surface area contributed by atoms with E-state index in [2.05, 4.69) is 10.1 Å². The number of hydrogen-bond acceptors (Lipinski definition) is 5. The lowest BCUT2D eigenvalue weighted by Gasteiger charge is -2.10. The molecule has 1 unspecified atom stereocenters. The lowest BCUT2D eigenvalue weighted by Crippen LogP contribution is -2.32. The quantitative estimate of drug-likeness (QED) is 0.674. The zero-order valence-electron chi connectivity index (χ0n) is 13.7. The first-order valence-electron chi connectivity index (χ1n) is 7.73. The van der Waals surface area contributed by atoms with Crippen LogP contribution in [0.2, 0.25) is 0 Å². The third kappa shape index (κ3) is 3.54. The summed E-state index contributed by atoms with van der Waals surface area (Å²) in [4.78, 5) is 37.9. The maximum absolute atomic E-state index is 12.4. The van der Waals surface area contributed by atoms with E-state index in [4.69, 9.17) is 9.84 Å². The zero-order chi connectivity index (χ0) is 18.7. The topological polar surface area (TPSA) is 114 Å². The third-order valence-electron chi connectivity index (χ3n) is 3.62. The van der Waals surface area contributed by atoms with E-state index in [1.165, 1.54) is 13.1 Å². The van der Waals surface area contributed by atoms with Crippen LogP contribution in [0.3, 0.4) is 0 Å². The highest BCUT2D eigenvalue weighted by Crippen LogP contribution is 2.14. The first kappa shape index (κ1) is 17.2. The van der Waals surface area contributed by atoms with Gasteiger partial charge in [-0.05, 0) is 36.8 Å². The van der Waals surface area contributed by atoms with E-state index in [1.54, 1.807) is 48.5 Å². The van der Waals surface area contributed by atoms with Crippen LogP contribution in [0.25, 0.3) is 10.9 Å². The summed E-state index contributed by atoms with van der Waals surface area (Å²) in [6, 6.07) is 13.1. The predicted molar refractivity (Wildman–Crippen MR) is 96.0 cm³/mol. The van der Waals surface area contributed by atoms with Crippen LogP contribution in [0, 0.1) is 0 Å². The molecular weight excluding hydrogens is 338 g/mol. The van der Waals surface area contributed by atoms with Crippen LogP contribution in [0.4, 0.5) is 0 Å². The molecule has 0 spiro atoms. The number of para-hydroxylation sites is 1. The van der Waals surface area contributed by atoms with Crippen molar-refractivity contribution in [2.24, 2.45) is 5.10 Å². The minimum absolute atomic E-state index is 0.337. The van der Waals surface area contributed by atoms with E-state index in [-0.39, 0.29) is 0 Å². The van der Waals surface area contributed by atoms with Crippen molar-refractivity contribution in [1.82, 2.24) is 9.66 Å². The molecule has 1 aromatic heterocycles. The van der Waals surface area contributed by atoms with E-state index >= 15 is 0 Å². The first-order chi connectivity index (χ1) is 12.5. The Bertz CT molecular complexity index is 1110. The highest BCUT2D eigenvalue weighted by Gasteiger charge is 2.12. The predicted octanol–water partition coefficient (Wildman–Crippen LogP) is 1.42. The van der Waals surface area contributed by atoms with Gasteiger partial charge in [-0.1, -0.05) is 24.3 Å². The lowest BCUT2D eigenvalue weighted by molar-refractivity contribution is -0.144. The van der Waals surface area contributed by atoms with Gasteiger partial charge >= 0.3 is 11.7 Å². The standard InChI is InChI=1S/C18H15N3O5/c1-11(17(23)24)26-13-6-4-5-12(9-13)10-19-21-16(22)14-7-2-3-8-15(14)20-18(21)25/h2-11H,1H3,(H,20,25)(H,23,24). The molecule has 8 heteroatoms. The Balaban J connectivity index is 1.94. The van der Waals surface area contributed by atoms with Gasteiger partial charge < -0.3 is 14.8 Å². The van der Waals surface area contributed by atoms with Crippen molar-refractivity contribution in [3.05, 3.63) is 74.9 Å². The summed E-state index contributed by atoms with van der Waals surface area (Å²) in [6.07, 6.45) is 0.317. The minimum atomic E-state index is -1.08.